The van der Waals surface area contributed by atoms with E-state index in [-0.39, 0.29) is 25.2 Å². The number of aromatic nitrogens is 3. The van der Waals surface area contributed by atoms with Crippen LogP contribution in [-0.2, 0) is 30.7 Å². The summed E-state index contributed by atoms with van der Waals surface area (Å²) in [5, 5.41) is 15.4. The lowest BCUT2D eigenvalue weighted by atomic mass is 10.1. The van der Waals surface area contributed by atoms with Gasteiger partial charge >= 0.3 is 11.9 Å². The van der Waals surface area contributed by atoms with Crippen molar-refractivity contribution in [3.8, 4) is 5.75 Å². The molecule has 1 aromatic carbocycles. The number of unbranched alkanes of at least 4 members (excludes halogenated alkanes) is 3. The molecule has 0 N–H and O–H groups in total. The molecule has 8 nitrogen and oxygen atoms in total. The van der Waals surface area contributed by atoms with Gasteiger partial charge in [0.1, 0.15) is 17.0 Å². The Bertz CT molecular complexity index is 1140. The van der Waals surface area contributed by atoms with Crippen molar-refractivity contribution in [2.75, 3.05) is 0 Å². The average Bonchev–Trinajstić information content (AvgIpc) is 2.81. The van der Waals surface area contributed by atoms with Gasteiger partial charge in [-0.15, -0.1) is 0 Å². The summed E-state index contributed by atoms with van der Waals surface area (Å²) in [7, 11) is 0. The summed E-state index contributed by atoms with van der Waals surface area (Å²) < 4.78 is 45.3. The van der Waals surface area contributed by atoms with Crippen LogP contribution in [0.2, 0.25) is 0 Å². The molecular formula is C26H35F3N3O5-. The first kappa shape index (κ1) is 30.1. The maximum atomic E-state index is 12.9. The van der Waals surface area contributed by atoms with Crippen LogP contribution in [0.25, 0.3) is 0 Å². The van der Waals surface area contributed by atoms with Crippen LogP contribution >= 0.6 is 0 Å². The fourth-order valence-corrected chi connectivity index (χ4v) is 3.76. The van der Waals surface area contributed by atoms with Gasteiger partial charge in [-0.1, -0.05) is 38.3 Å². The maximum Gasteiger partial charge on any atom is 0.389 e. The third-order valence-corrected chi connectivity index (χ3v) is 5.92. The molecule has 0 aliphatic heterocycles. The molecule has 0 unspecified atom stereocenters. The van der Waals surface area contributed by atoms with E-state index >= 15 is 0 Å². The second-order valence-corrected chi connectivity index (χ2v) is 9.59. The number of carboxylic acid groups (broad SMARTS) is 1. The fourth-order valence-electron chi connectivity index (χ4n) is 3.76. The number of hydrogen-bond donors (Lipinski definition) is 0. The normalized spacial score (nSPS) is 12.1. The molecule has 0 aliphatic rings. The highest BCUT2D eigenvalue weighted by Gasteiger charge is 2.26. The molecule has 1 heterocycles. The quantitative estimate of drug-likeness (QED) is 0.329. The first-order valence-electron chi connectivity index (χ1n) is 12.6. The van der Waals surface area contributed by atoms with Crippen molar-refractivity contribution in [1.82, 2.24) is 14.3 Å². The first-order valence-corrected chi connectivity index (χ1v) is 12.6. The van der Waals surface area contributed by atoms with Crippen LogP contribution in [0.1, 0.15) is 77.0 Å². The highest BCUT2D eigenvalue weighted by molar-refractivity contribution is 5.74. The summed E-state index contributed by atoms with van der Waals surface area (Å²) in [4.78, 5) is 36.8. The van der Waals surface area contributed by atoms with Gasteiger partial charge in [-0.3, -0.25) is 9.36 Å². The average molecular weight is 527 g/mol. The molecule has 0 radical (unpaired) electrons. The van der Waals surface area contributed by atoms with Crippen molar-refractivity contribution in [2.45, 2.75) is 103 Å². The van der Waals surface area contributed by atoms with E-state index in [1.54, 1.807) is 24.3 Å². The number of hydrogen-bond acceptors (Lipinski definition) is 6. The predicted molar refractivity (Wildman–Crippen MR) is 130 cm³/mol. The van der Waals surface area contributed by atoms with E-state index in [4.69, 9.17) is 4.74 Å². The van der Waals surface area contributed by atoms with Crippen LogP contribution in [0.4, 0.5) is 13.2 Å². The fraction of sp³-hybridized carbons (Fsp3) is 0.615. The zero-order valence-electron chi connectivity index (χ0n) is 21.6. The van der Waals surface area contributed by atoms with Crippen molar-refractivity contribution >= 4 is 5.97 Å². The highest BCUT2D eigenvalue weighted by atomic mass is 19.4. The molecule has 0 saturated heterocycles. The highest BCUT2D eigenvalue weighted by Crippen LogP contribution is 2.21. The van der Waals surface area contributed by atoms with Crippen molar-refractivity contribution < 1.29 is 27.8 Å². The number of carbonyl (C=O) groups excluding carboxylic acids is 1. The Labute approximate surface area is 214 Å². The van der Waals surface area contributed by atoms with Crippen molar-refractivity contribution in [1.29, 1.82) is 0 Å². The summed E-state index contributed by atoms with van der Waals surface area (Å²) >= 11 is 0. The first-order chi connectivity index (χ1) is 17.3. The van der Waals surface area contributed by atoms with Crippen LogP contribution in [0.15, 0.2) is 33.9 Å². The van der Waals surface area contributed by atoms with Crippen molar-refractivity contribution in [2.24, 2.45) is 0 Å². The molecule has 2 rings (SSSR count). The third-order valence-electron chi connectivity index (χ3n) is 5.92. The number of nitrogens with zero attached hydrogens (tertiary/aromatic N) is 3. The minimum absolute atomic E-state index is 0.191. The van der Waals surface area contributed by atoms with E-state index in [0.717, 1.165) is 29.4 Å². The SMILES string of the molecule is CCCCCCc1nn(CCCc2ccc(OC(C)(C)C(=O)[O-])cc2)c(=O)n(CCCC(F)(F)F)c1=O. The molecule has 0 aliphatic carbocycles. The van der Waals surface area contributed by atoms with E-state index < -0.39 is 35.4 Å². The zero-order valence-corrected chi connectivity index (χ0v) is 21.6. The summed E-state index contributed by atoms with van der Waals surface area (Å²) in [6.07, 6.45) is -0.782. The third kappa shape index (κ3) is 9.70. The topological polar surface area (TPSA) is 106 Å². The zero-order chi connectivity index (χ0) is 27.6. The van der Waals surface area contributed by atoms with Crippen LogP contribution < -0.4 is 21.1 Å². The Balaban J connectivity index is 2.12. The largest absolute Gasteiger partial charge is 0.546 e. The van der Waals surface area contributed by atoms with Gasteiger partial charge < -0.3 is 14.6 Å². The van der Waals surface area contributed by atoms with Gasteiger partial charge in [0.15, 0.2) is 0 Å². The number of aliphatic carboxylic acids is 1. The van der Waals surface area contributed by atoms with Gasteiger partial charge in [0.05, 0.1) is 5.97 Å². The minimum atomic E-state index is -4.36. The molecule has 0 spiro atoms. The molecule has 0 atom stereocenters. The van der Waals surface area contributed by atoms with E-state index in [9.17, 15) is 32.7 Å². The van der Waals surface area contributed by atoms with Gasteiger partial charge in [0, 0.05) is 19.5 Å². The number of carbonyl (C=O) groups is 1. The van der Waals surface area contributed by atoms with Gasteiger partial charge in [0.2, 0.25) is 0 Å². The van der Waals surface area contributed by atoms with E-state index in [1.807, 2.05) is 0 Å². The van der Waals surface area contributed by atoms with Crippen LogP contribution in [-0.4, -0.2) is 32.1 Å². The number of aryl methyl sites for hydroxylation is 3. The molecule has 11 heteroatoms. The summed E-state index contributed by atoms with van der Waals surface area (Å²) in [5.41, 5.74) is -1.70. The molecule has 206 valence electrons. The number of ether oxygens (including phenoxy) is 1. The monoisotopic (exact) mass is 526 g/mol. The van der Waals surface area contributed by atoms with Crippen LogP contribution in [0.5, 0.6) is 5.75 Å². The number of halogens is 3. The number of benzene rings is 1. The molecule has 0 saturated carbocycles. The predicted octanol–water partition coefficient (Wildman–Crippen LogP) is 3.41. The number of rotatable bonds is 15. The Morgan fingerprint density at radius 1 is 0.973 bits per heavy atom. The lowest BCUT2D eigenvalue weighted by Gasteiger charge is -2.27. The van der Waals surface area contributed by atoms with E-state index in [2.05, 4.69) is 12.0 Å². The molecule has 37 heavy (non-hydrogen) atoms. The van der Waals surface area contributed by atoms with E-state index in [0.29, 0.717) is 31.4 Å². The van der Waals surface area contributed by atoms with E-state index in [1.165, 1.54) is 18.5 Å². The standard InChI is InChI=1S/C26H36F3N3O5/c1-4-5-6-7-11-21-22(33)31(17-9-16-26(27,28)29)24(36)32(30-21)18-8-10-19-12-14-20(15-13-19)37-25(2,3)23(34)35/h12-15H,4-11,16-18H2,1-3H3,(H,34,35)/p-1. The van der Waals surface area contributed by atoms with Crippen LogP contribution in [0, 0.1) is 0 Å². The van der Waals surface area contributed by atoms with Crippen LogP contribution in [0.3, 0.4) is 0 Å². The Hall–Kier alpha value is -3.11. The maximum absolute atomic E-state index is 12.9. The summed E-state index contributed by atoms with van der Waals surface area (Å²) in [6.45, 7) is 4.71. The molecule has 0 fully saturated rings. The van der Waals surface area contributed by atoms with Gasteiger partial charge in [-0.25, -0.2) is 9.48 Å². The molecule has 0 bridgehead atoms. The Kier molecular flexibility index (Phi) is 10.9. The van der Waals surface area contributed by atoms with Gasteiger partial charge in [-0.2, -0.15) is 18.3 Å². The smallest absolute Gasteiger partial charge is 0.389 e. The molecule has 2 aromatic rings. The second kappa shape index (κ2) is 13.4. The summed E-state index contributed by atoms with van der Waals surface area (Å²) in [6, 6.07) is 6.82. The molecule has 0 amide bonds. The van der Waals surface area contributed by atoms with Gasteiger partial charge in [-0.05, 0) is 63.6 Å². The Morgan fingerprint density at radius 3 is 2.24 bits per heavy atom. The van der Waals surface area contributed by atoms with Crippen molar-refractivity contribution in [3.63, 3.8) is 0 Å². The second-order valence-electron chi connectivity index (χ2n) is 9.59. The number of alkyl halides is 3. The lowest BCUT2D eigenvalue weighted by Crippen LogP contribution is -2.47. The van der Waals surface area contributed by atoms with Gasteiger partial charge in [0.25, 0.3) is 5.56 Å². The number of carboxylic acids is 1. The molecular weight excluding hydrogens is 491 g/mol. The lowest BCUT2D eigenvalue weighted by molar-refractivity contribution is -0.320. The Morgan fingerprint density at radius 2 is 1.65 bits per heavy atom. The summed E-state index contributed by atoms with van der Waals surface area (Å²) in [5.74, 6) is -0.964. The molecule has 1 aromatic heterocycles. The van der Waals surface area contributed by atoms with Crippen molar-refractivity contribution in [3.05, 3.63) is 56.4 Å². The minimum Gasteiger partial charge on any atom is -0.546 e.